The van der Waals surface area contributed by atoms with Crippen LogP contribution in [-0.4, -0.2) is 63.0 Å². The van der Waals surface area contributed by atoms with E-state index in [0.29, 0.717) is 52.1 Å². The van der Waals surface area contributed by atoms with Gasteiger partial charge in [-0.2, -0.15) is 0 Å². The Hall–Kier alpha value is -4.58. The summed E-state index contributed by atoms with van der Waals surface area (Å²) in [5.74, 6) is 1.58. The number of aliphatic imine (C=N–C) groups is 1. The number of nitrogens with one attached hydrogen (secondary N) is 1. The van der Waals surface area contributed by atoms with Gasteiger partial charge in [0, 0.05) is 41.6 Å². The van der Waals surface area contributed by atoms with Crippen LogP contribution in [0.5, 0.6) is 5.75 Å². The Balaban J connectivity index is 1.29. The summed E-state index contributed by atoms with van der Waals surface area (Å²) in [5, 5.41) is 30.7. The first kappa shape index (κ1) is 30.9. The van der Waals surface area contributed by atoms with Crippen LogP contribution in [0.25, 0.3) is 11.8 Å². The molecule has 0 aliphatic carbocycles. The van der Waals surface area contributed by atoms with E-state index >= 15 is 0 Å². The maximum atomic E-state index is 13.2. The molecule has 1 aromatic heterocycles. The molecule has 0 saturated heterocycles. The van der Waals surface area contributed by atoms with Crippen molar-refractivity contribution >= 4 is 47.7 Å². The molecule has 12 heteroatoms. The van der Waals surface area contributed by atoms with Crippen LogP contribution in [0.3, 0.4) is 0 Å². The van der Waals surface area contributed by atoms with Crippen LogP contribution in [0.1, 0.15) is 53.6 Å². The average Bonchev–Trinajstić information content (AvgIpc) is 3.35. The number of carbonyl (C=O) groups is 2. The predicted molar refractivity (Wildman–Crippen MR) is 170 cm³/mol. The summed E-state index contributed by atoms with van der Waals surface area (Å²) in [4.78, 5) is 30.6. The highest BCUT2D eigenvalue weighted by molar-refractivity contribution is 6.58. The minimum Gasteiger partial charge on any atom is -0.497 e. The van der Waals surface area contributed by atoms with Gasteiger partial charge >= 0.3 is 7.12 Å². The third-order valence-electron chi connectivity index (χ3n) is 7.24. The number of rotatable bonds is 11. The Morgan fingerprint density at radius 1 is 1.09 bits per heavy atom. The van der Waals surface area contributed by atoms with E-state index < -0.39 is 13.2 Å². The van der Waals surface area contributed by atoms with Gasteiger partial charge in [-0.25, -0.2) is 0 Å². The third kappa shape index (κ3) is 7.13. The lowest BCUT2D eigenvalue weighted by atomic mass is 9.79. The molecule has 1 atom stereocenters. The number of amides is 1. The van der Waals surface area contributed by atoms with Gasteiger partial charge in [-0.1, -0.05) is 48.0 Å². The van der Waals surface area contributed by atoms with E-state index in [9.17, 15) is 19.6 Å². The maximum absolute atomic E-state index is 13.2. The first-order valence-electron chi connectivity index (χ1n) is 14.1. The second kappa shape index (κ2) is 13.8. The van der Waals surface area contributed by atoms with Crippen LogP contribution in [0.15, 0.2) is 77.8 Å². The molecule has 3 N–H and O–H groups in total. The molecular formula is C32H31BClN5O5. The zero-order valence-corrected chi connectivity index (χ0v) is 25.0. The first-order chi connectivity index (χ1) is 21.2. The second-order valence-electron chi connectivity index (χ2n) is 10.3. The Morgan fingerprint density at radius 2 is 1.89 bits per heavy atom. The maximum Gasteiger partial charge on any atom is 0.488 e. The van der Waals surface area contributed by atoms with Gasteiger partial charge in [-0.3, -0.25) is 19.1 Å². The highest BCUT2D eigenvalue weighted by Crippen LogP contribution is 2.34. The number of hydrogen-bond acceptors (Lipinski definition) is 8. The summed E-state index contributed by atoms with van der Waals surface area (Å²) >= 11 is 6.17. The lowest BCUT2D eigenvalue weighted by Gasteiger charge is -2.14. The van der Waals surface area contributed by atoms with Crippen molar-refractivity contribution in [3.05, 3.63) is 106 Å². The van der Waals surface area contributed by atoms with E-state index in [1.54, 1.807) is 49.6 Å². The standard InChI is InChI=1S/C32H31BClN5O5/c1-20-37-38-32-28(18-25(40)7-4-16-35-30(41)15-8-21-5-3-6-23(17-21)33(42)43)36-31(22-9-11-24(34)12-10-22)27-19-26(44-2)13-14-29(27)39(20)32/h3,5-6,8-15,17,19,28,42-43H,4,7,16,18H2,1-2H3,(H,35,41)/b15-8+/t28-/m0/s1. The monoisotopic (exact) mass is 611 g/mol. The molecule has 1 amide bonds. The van der Waals surface area contributed by atoms with E-state index in [1.807, 2.05) is 41.8 Å². The molecule has 0 bridgehead atoms. The fourth-order valence-electron chi connectivity index (χ4n) is 5.05. The summed E-state index contributed by atoms with van der Waals surface area (Å²) < 4.78 is 7.45. The smallest absolute Gasteiger partial charge is 0.488 e. The molecule has 3 aromatic carbocycles. The highest BCUT2D eigenvalue weighted by atomic mass is 35.5. The number of methoxy groups -OCH3 is 1. The van der Waals surface area contributed by atoms with E-state index in [2.05, 4.69) is 15.5 Å². The predicted octanol–water partition coefficient (Wildman–Crippen LogP) is 3.38. The number of Topliss-reactive ketones (excluding diaryl/α,β-unsaturated/α-hetero) is 1. The average molecular weight is 612 g/mol. The molecule has 5 rings (SSSR count). The first-order valence-corrected chi connectivity index (χ1v) is 14.5. The molecule has 0 radical (unpaired) electrons. The highest BCUT2D eigenvalue weighted by Gasteiger charge is 2.30. The molecule has 224 valence electrons. The number of ether oxygens (including phenoxy) is 1. The Bertz CT molecular complexity index is 1740. The molecule has 2 heterocycles. The van der Waals surface area contributed by atoms with Crippen molar-refractivity contribution in [3.63, 3.8) is 0 Å². The van der Waals surface area contributed by atoms with Gasteiger partial charge in [0.2, 0.25) is 5.91 Å². The van der Waals surface area contributed by atoms with Crippen molar-refractivity contribution in [2.45, 2.75) is 32.2 Å². The van der Waals surface area contributed by atoms with Crippen molar-refractivity contribution < 1.29 is 24.4 Å². The number of carbonyl (C=O) groups excluding carboxylic acids is 2. The van der Waals surface area contributed by atoms with Gasteiger partial charge in [0.1, 0.15) is 23.4 Å². The van der Waals surface area contributed by atoms with Gasteiger partial charge in [-0.15, -0.1) is 10.2 Å². The summed E-state index contributed by atoms with van der Waals surface area (Å²) in [7, 11) is 0.0255. The topological polar surface area (TPSA) is 139 Å². The van der Waals surface area contributed by atoms with Crippen LogP contribution in [0.4, 0.5) is 0 Å². The van der Waals surface area contributed by atoms with Crippen molar-refractivity contribution in [1.82, 2.24) is 20.1 Å². The van der Waals surface area contributed by atoms with Crippen LogP contribution in [-0.2, 0) is 9.59 Å². The van der Waals surface area contributed by atoms with Crippen LogP contribution >= 0.6 is 11.6 Å². The number of benzene rings is 3. The molecule has 4 aromatic rings. The van der Waals surface area contributed by atoms with Gasteiger partial charge in [0.15, 0.2) is 5.82 Å². The van der Waals surface area contributed by atoms with Gasteiger partial charge in [-0.05, 0) is 60.8 Å². The molecule has 44 heavy (non-hydrogen) atoms. The molecule has 0 spiro atoms. The molecule has 1 aliphatic rings. The van der Waals surface area contributed by atoms with Crippen molar-refractivity contribution in [2.75, 3.05) is 13.7 Å². The molecule has 0 fully saturated rings. The summed E-state index contributed by atoms with van der Waals surface area (Å²) in [6.45, 7) is 2.18. The van der Waals surface area contributed by atoms with Crippen molar-refractivity contribution in [3.8, 4) is 11.4 Å². The quantitative estimate of drug-likeness (QED) is 0.134. The lowest BCUT2D eigenvalue weighted by molar-refractivity contribution is -0.120. The molecule has 0 saturated carbocycles. The van der Waals surface area contributed by atoms with Crippen LogP contribution in [0, 0.1) is 6.92 Å². The third-order valence-corrected chi connectivity index (χ3v) is 7.49. The number of aromatic nitrogens is 3. The molecular weight excluding hydrogens is 581 g/mol. The lowest BCUT2D eigenvalue weighted by Crippen LogP contribution is -2.29. The fraction of sp³-hybridized carbons (Fsp3) is 0.219. The van der Waals surface area contributed by atoms with Crippen LogP contribution < -0.4 is 15.5 Å². The van der Waals surface area contributed by atoms with Crippen molar-refractivity contribution in [2.24, 2.45) is 4.99 Å². The number of nitrogens with zero attached hydrogens (tertiary/aromatic N) is 4. The van der Waals surface area contributed by atoms with Gasteiger partial charge < -0.3 is 20.1 Å². The normalized spacial score (nSPS) is 13.9. The molecule has 0 unspecified atom stereocenters. The van der Waals surface area contributed by atoms with E-state index in [0.717, 1.165) is 16.8 Å². The fourth-order valence-corrected chi connectivity index (χ4v) is 5.17. The SMILES string of the molecule is COc1ccc2c(c1)C(c1ccc(Cl)cc1)=N[C@@H](CC(=O)CCCNC(=O)/C=C/c1cccc(B(O)O)c1)c1nnc(C)n1-2. The van der Waals surface area contributed by atoms with Crippen LogP contribution in [0.2, 0.25) is 5.02 Å². The number of aryl methyl sites for hydroxylation is 1. The van der Waals surface area contributed by atoms with Crippen molar-refractivity contribution in [1.29, 1.82) is 0 Å². The van der Waals surface area contributed by atoms with Gasteiger partial charge in [0.25, 0.3) is 0 Å². The number of hydrogen-bond donors (Lipinski definition) is 3. The zero-order valence-electron chi connectivity index (χ0n) is 24.3. The van der Waals surface area contributed by atoms with Gasteiger partial charge in [0.05, 0.1) is 18.5 Å². The zero-order chi connectivity index (χ0) is 31.2. The molecule has 1 aliphatic heterocycles. The summed E-state index contributed by atoms with van der Waals surface area (Å²) in [6.07, 6.45) is 3.76. The Morgan fingerprint density at radius 3 is 2.64 bits per heavy atom. The largest absolute Gasteiger partial charge is 0.497 e. The summed E-state index contributed by atoms with van der Waals surface area (Å²) in [5.41, 5.74) is 4.18. The molecule has 10 nitrogen and oxygen atoms in total. The Kier molecular flexibility index (Phi) is 9.69. The number of fused-ring (bicyclic) bond motifs is 3. The minimum absolute atomic E-state index is 0.0193. The van der Waals surface area contributed by atoms with E-state index in [1.165, 1.54) is 6.08 Å². The minimum atomic E-state index is -1.58. The second-order valence-corrected chi connectivity index (χ2v) is 10.8. The number of ketones is 1. The Labute approximate surface area is 260 Å². The summed E-state index contributed by atoms with van der Waals surface area (Å²) in [6, 6.07) is 19.1. The number of halogens is 1. The van der Waals surface area contributed by atoms with E-state index in [4.69, 9.17) is 21.3 Å². The van der Waals surface area contributed by atoms with E-state index in [-0.39, 0.29) is 24.5 Å².